The maximum absolute atomic E-state index is 13.0. The van der Waals surface area contributed by atoms with Gasteiger partial charge in [0.05, 0.1) is 0 Å². The summed E-state index contributed by atoms with van der Waals surface area (Å²) < 4.78 is 19.1. The van der Waals surface area contributed by atoms with Gasteiger partial charge < -0.3 is 10.1 Å². The maximum atomic E-state index is 13.0. The minimum absolute atomic E-state index is 0.200. The molecule has 0 saturated heterocycles. The van der Waals surface area contributed by atoms with E-state index in [0.29, 0.717) is 6.04 Å². The minimum atomic E-state index is -0.215. The van der Waals surface area contributed by atoms with Gasteiger partial charge >= 0.3 is 0 Å². The molecule has 0 bridgehead atoms. The molecule has 1 aliphatic rings. The summed E-state index contributed by atoms with van der Waals surface area (Å²) in [6.45, 7) is 5.46. The fraction of sp³-hybridized carbons (Fsp3) is 0.647. The first-order valence-electron chi connectivity index (χ1n) is 7.88. The Hall–Kier alpha value is -1.09. The number of hydrogen-bond acceptors (Lipinski definition) is 2. The van der Waals surface area contributed by atoms with Crippen LogP contribution in [0.25, 0.3) is 0 Å². The number of halogens is 1. The van der Waals surface area contributed by atoms with Gasteiger partial charge in [-0.05, 0) is 62.4 Å². The van der Waals surface area contributed by atoms with E-state index in [2.05, 4.69) is 19.2 Å². The molecular weight excluding hydrogens is 253 g/mol. The summed E-state index contributed by atoms with van der Waals surface area (Å²) in [5, 5.41) is 3.60. The van der Waals surface area contributed by atoms with Crippen LogP contribution in [0.3, 0.4) is 0 Å². The van der Waals surface area contributed by atoms with E-state index in [9.17, 15) is 4.39 Å². The van der Waals surface area contributed by atoms with Crippen molar-refractivity contribution in [3.05, 3.63) is 30.1 Å². The molecule has 0 spiro atoms. The molecule has 1 aliphatic carbocycles. The van der Waals surface area contributed by atoms with Crippen molar-refractivity contribution in [2.24, 2.45) is 5.92 Å². The van der Waals surface area contributed by atoms with E-state index in [-0.39, 0.29) is 11.9 Å². The van der Waals surface area contributed by atoms with Gasteiger partial charge in [0.1, 0.15) is 17.7 Å². The van der Waals surface area contributed by atoms with E-state index in [1.54, 1.807) is 12.1 Å². The first kappa shape index (κ1) is 15.3. The van der Waals surface area contributed by atoms with Gasteiger partial charge in [-0.25, -0.2) is 4.39 Å². The van der Waals surface area contributed by atoms with E-state index in [0.717, 1.165) is 31.1 Å². The molecule has 2 nitrogen and oxygen atoms in total. The summed E-state index contributed by atoms with van der Waals surface area (Å²) in [4.78, 5) is 0. The molecular formula is C17H26FNO. The fourth-order valence-corrected chi connectivity index (χ4v) is 2.96. The Morgan fingerprint density at radius 2 is 1.95 bits per heavy atom. The van der Waals surface area contributed by atoms with Gasteiger partial charge in [-0.2, -0.15) is 0 Å². The lowest BCUT2D eigenvalue weighted by Crippen LogP contribution is -2.47. The average Bonchev–Trinajstić information content (AvgIpc) is 2.48. The molecule has 0 heterocycles. The molecule has 3 atom stereocenters. The summed E-state index contributed by atoms with van der Waals surface area (Å²) in [5.74, 6) is 1.31. The van der Waals surface area contributed by atoms with Crippen LogP contribution in [0.1, 0.15) is 46.0 Å². The molecule has 0 aliphatic heterocycles. The van der Waals surface area contributed by atoms with Gasteiger partial charge in [0, 0.05) is 6.04 Å². The molecule has 3 unspecified atom stereocenters. The minimum Gasteiger partial charge on any atom is -0.489 e. The quantitative estimate of drug-likeness (QED) is 0.844. The molecule has 1 aromatic rings. The van der Waals surface area contributed by atoms with Crippen molar-refractivity contribution in [2.45, 2.75) is 58.1 Å². The predicted molar refractivity (Wildman–Crippen MR) is 80.5 cm³/mol. The molecule has 3 heteroatoms. The molecule has 2 rings (SSSR count). The van der Waals surface area contributed by atoms with Gasteiger partial charge in [-0.3, -0.25) is 0 Å². The summed E-state index contributed by atoms with van der Waals surface area (Å²) in [5.41, 5.74) is 0. The third-order valence-corrected chi connectivity index (χ3v) is 4.24. The topological polar surface area (TPSA) is 21.3 Å². The monoisotopic (exact) mass is 279 g/mol. The lowest BCUT2D eigenvalue weighted by atomic mass is 9.82. The van der Waals surface area contributed by atoms with Crippen LogP contribution in [0.4, 0.5) is 4.39 Å². The van der Waals surface area contributed by atoms with E-state index < -0.39 is 0 Å². The van der Waals surface area contributed by atoms with Crippen molar-refractivity contribution in [1.82, 2.24) is 5.32 Å². The predicted octanol–water partition coefficient (Wildman–Crippen LogP) is 4.15. The highest BCUT2D eigenvalue weighted by Gasteiger charge is 2.30. The average molecular weight is 279 g/mol. The maximum Gasteiger partial charge on any atom is 0.123 e. The lowest BCUT2D eigenvalue weighted by molar-refractivity contribution is 0.0848. The van der Waals surface area contributed by atoms with Crippen LogP contribution >= 0.6 is 0 Å². The molecule has 1 aromatic carbocycles. The van der Waals surface area contributed by atoms with Crippen molar-refractivity contribution >= 4 is 0 Å². The van der Waals surface area contributed by atoms with Crippen LogP contribution < -0.4 is 10.1 Å². The van der Waals surface area contributed by atoms with Gasteiger partial charge in [0.2, 0.25) is 0 Å². The molecule has 0 radical (unpaired) electrons. The normalized spacial score (nSPS) is 26.4. The molecule has 112 valence electrons. The van der Waals surface area contributed by atoms with E-state index in [1.807, 2.05) is 0 Å². The second-order valence-corrected chi connectivity index (χ2v) is 5.76. The van der Waals surface area contributed by atoms with Crippen LogP contribution in [0, 0.1) is 11.7 Å². The third kappa shape index (κ3) is 4.20. The third-order valence-electron chi connectivity index (χ3n) is 4.24. The summed E-state index contributed by atoms with van der Waals surface area (Å²) >= 11 is 0. The Bertz CT molecular complexity index is 392. The van der Waals surface area contributed by atoms with Gasteiger partial charge in [0.25, 0.3) is 0 Å². The second-order valence-electron chi connectivity index (χ2n) is 5.76. The number of hydrogen-bond donors (Lipinski definition) is 1. The van der Waals surface area contributed by atoms with Crippen molar-refractivity contribution in [1.29, 1.82) is 0 Å². The highest BCUT2D eigenvalue weighted by Crippen LogP contribution is 2.30. The van der Waals surface area contributed by atoms with Crippen molar-refractivity contribution in [2.75, 3.05) is 6.54 Å². The molecule has 20 heavy (non-hydrogen) atoms. The summed E-state index contributed by atoms with van der Waals surface area (Å²) in [6.07, 6.45) is 6.09. The molecule has 1 fully saturated rings. The van der Waals surface area contributed by atoms with Crippen LogP contribution in [-0.4, -0.2) is 18.7 Å². The van der Waals surface area contributed by atoms with Crippen molar-refractivity contribution in [3.8, 4) is 5.75 Å². The number of rotatable bonds is 6. The Balaban J connectivity index is 2.00. The molecule has 0 amide bonds. The zero-order valence-electron chi connectivity index (χ0n) is 12.6. The first-order chi connectivity index (χ1) is 9.72. The van der Waals surface area contributed by atoms with Crippen LogP contribution in [-0.2, 0) is 0 Å². The Morgan fingerprint density at radius 3 is 2.60 bits per heavy atom. The van der Waals surface area contributed by atoms with Crippen LogP contribution in [0.2, 0.25) is 0 Å². The summed E-state index contributed by atoms with van der Waals surface area (Å²) in [6, 6.07) is 6.79. The molecule has 1 N–H and O–H groups in total. The highest BCUT2D eigenvalue weighted by atomic mass is 19.1. The standard InChI is InChI=1S/C17H26FNO/c1-3-11-19-16-10-5-13(4-2)12-17(16)20-15-8-6-14(18)7-9-15/h6-9,13,16-17,19H,3-5,10-12H2,1-2H3. The molecule has 0 aromatic heterocycles. The second kappa shape index (κ2) is 7.63. The number of benzene rings is 1. The van der Waals surface area contributed by atoms with Gasteiger partial charge in [-0.15, -0.1) is 0 Å². The Labute approximate surface area is 121 Å². The van der Waals surface area contributed by atoms with E-state index in [4.69, 9.17) is 4.74 Å². The Morgan fingerprint density at radius 1 is 1.20 bits per heavy atom. The number of ether oxygens (including phenoxy) is 1. The zero-order chi connectivity index (χ0) is 14.4. The van der Waals surface area contributed by atoms with E-state index in [1.165, 1.54) is 31.4 Å². The van der Waals surface area contributed by atoms with Gasteiger partial charge in [0.15, 0.2) is 0 Å². The number of nitrogens with one attached hydrogen (secondary N) is 1. The molecule has 1 saturated carbocycles. The van der Waals surface area contributed by atoms with E-state index >= 15 is 0 Å². The van der Waals surface area contributed by atoms with Crippen LogP contribution in [0.15, 0.2) is 24.3 Å². The van der Waals surface area contributed by atoms with Gasteiger partial charge in [-0.1, -0.05) is 20.3 Å². The van der Waals surface area contributed by atoms with Crippen molar-refractivity contribution in [3.63, 3.8) is 0 Å². The zero-order valence-corrected chi connectivity index (χ0v) is 12.6. The fourth-order valence-electron chi connectivity index (χ4n) is 2.96. The lowest BCUT2D eigenvalue weighted by Gasteiger charge is -2.36. The summed E-state index contributed by atoms with van der Waals surface area (Å²) in [7, 11) is 0. The van der Waals surface area contributed by atoms with Crippen molar-refractivity contribution < 1.29 is 9.13 Å². The Kier molecular flexibility index (Phi) is 5.84. The smallest absolute Gasteiger partial charge is 0.123 e. The first-order valence-corrected chi connectivity index (χ1v) is 7.88. The SMILES string of the molecule is CCCNC1CCC(CC)CC1Oc1ccc(F)cc1. The highest BCUT2D eigenvalue weighted by molar-refractivity contribution is 5.22. The largest absolute Gasteiger partial charge is 0.489 e. The van der Waals surface area contributed by atoms with Crippen LogP contribution in [0.5, 0.6) is 5.75 Å².